The molecule has 3 aromatic rings. The van der Waals surface area contributed by atoms with Crippen molar-refractivity contribution >= 4 is 62.3 Å². The van der Waals surface area contributed by atoms with E-state index in [2.05, 4.69) is 5.32 Å². The van der Waals surface area contributed by atoms with E-state index >= 15 is 0 Å². The van der Waals surface area contributed by atoms with Gasteiger partial charge in [-0.2, -0.15) is 0 Å². The number of sulfonamides is 1. The summed E-state index contributed by atoms with van der Waals surface area (Å²) in [5.74, 6) is -0.708. The number of rotatable bonds is 11. The number of halogens is 3. The van der Waals surface area contributed by atoms with E-state index in [1.807, 2.05) is 13.8 Å². The summed E-state index contributed by atoms with van der Waals surface area (Å²) < 4.78 is 28.5. The summed E-state index contributed by atoms with van der Waals surface area (Å²) in [6, 6.07) is 17.9. The van der Waals surface area contributed by atoms with Crippen LogP contribution in [0, 0.1) is 5.92 Å². The summed E-state index contributed by atoms with van der Waals surface area (Å²) >= 11 is 18.2. The molecular formula is C28H30Cl3N3O4S. The summed E-state index contributed by atoms with van der Waals surface area (Å²) in [6.07, 6.45) is 0. The molecule has 0 spiro atoms. The van der Waals surface area contributed by atoms with E-state index in [4.69, 9.17) is 34.8 Å². The maximum atomic E-state index is 13.9. The van der Waals surface area contributed by atoms with Crippen LogP contribution < -0.4 is 9.62 Å². The maximum absolute atomic E-state index is 13.9. The molecular weight excluding hydrogens is 581 g/mol. The Morgan fingerprint density at radius 2 is 1.44 bits per heavy atom. The fraction of sp³-hybridized carbons (Fsp3) is 0.286. The minimum Gasteiger partial charge on any atom is -0.354 e. The van der Waals surface area contributed by atoms with Gasteiger partial charge in [0, 0.05) is 28.2 Å². The lowest BCUT2D eigenvalue weighted by Gasteiger charge is -2.32. The van der Waals surface area contributed by atoms with E-state index in [-0.39, 0.29) is 29.0 Å². The average molecular weight is 611 g/mol. The van der Waals surface area contributed by atoms with Crippen molar-refractivity contribution in [3.05, 3.63) is 93.4 Å². The Morgan fingerprint density at radius 1 is 0.846 bits per heavy atom. The van der Waals surface area contributed by atoms with Gasteiger partial charge in [-0.05, 0) is 73.0 Å². The molecule has 0 saturated heterocycles. The number of nitrogens with one attached hydrogen (secondary N) is 1. The fourth-order valence-corrected chi connectivity index (χ4v) is 5.56. The van der Waals surface area contributed by atoms with Gasteiger partial charge in [0.15, 0.2) is 0 Å². The standard InChI is InChI=1S/C28H30Cl3N3O4S/c1-19(2)16-32-28(36)20(3)33(17-21-7-9-22(29)10-8-21)27(35)18-34(25-6-4-5-24(31)15-25)39(37,38)26-13-11-23(30)12-14-26/h4-15,19-20H,16-18H2,1-3H3,(H,32,36)/t20-/m1/s1. The largest absolute Gasteiger partial charge is 0.354 e. The number of hydrogen-bond acceptors (Lipinski definition) is 4. The van der Waals surface area contributed by atoms with Gasteiger partial charge in [0.05, 0.1) is 10.6 Å². The molecule has 2 amide bonds. The summed E-state index contributed by atoms with van der Waals surface area (Å²) in [6.45, 7) is 5.47. The van der Waals surface area contributed by atoms with E-state index in [1.165, 1.54) is 35.2 Å². The molecule has 1 N–H and O–H groups in total. The molecule has 0 bridgehead atoms. The van der Waals surface area contributed by atoms with Gasteiger partial charge >= 0.3 is 0 Å². The third kappa shape index (κ3) is 8.35. The van der Waals surface area contributed by atoms with Gasteiger partial charge in [0.2, 0.25) is 11.8 Å². The van der Waals surface area contributed by atoms with Crippen molar-refractivity contribution in [3.8, 4) is 0 Å². The highest BCUT2D eigenvalue weighted by Crippen LogP contribution is 2.27. The highest BCUT2D eigenvalue weighted by Gasteiger charge is 2.32. The van der Waals surface area contributed by atoms with Crippen LogP contribution in [0.25, 0.3) is 0 Å². The summed E-state index contributed by atoms with van der Waals surface area (Å²) in [5, 5.41) is 4.05. The molecule has 3 aromatic carbocycles. The number of hydrogen-bond donors (Lipinski definition) is 1. The Bertz CT molecular complexity index is 1400. The number of anilines is 1. The second-order valence-electron chi connectivity index (χ2n) is 9.41. The average Bonchev–Trinajstić information content (AvgIpc) is 2.89. The van der Waals surface area contributed by atoms with Crippen molar-refractivity contribution < 1.29 is 18.0 Å². The highest BCUT2D eigenvalue weighted by atomic mass is 35.5. The van der Waals surface area contributed by atoms with E-state index in [9.17, 15) is 18.0 Å². The molecule has 0 aliphatic carbocycles. The fourth-order valence-electron chi connectivity index (χ4n) is 3.72. The highest BCUT2D eigenvalue weighted by molar-refractivity contribution is 7.92. The first-order chi connectivity index (χ1) is 18.4. The molecule has 0 saturated carbocycles. The van der Waals surface area contributed by atoms with Crippen LogP contribution in [0.1, 0.15) is 26.3 Å². The molecule has 0 heterocycles. The number of carbonyl (C=O) groups is 2. The second-order valence-corrected chi connectivity index (χ2v) is 12.6. The number of amides is 2. The van der Waals surface area contributed by atoms with Crippen LogP contribution in [-0.4, -0.2) is 44.3 Å². The zero-order valence-electron chi connectivity index (χ0n) is 21.8. The van der Waals surface area contributed by atoms with Crippen LogP contribution in [0.2, 0.25) is 15.1 Å². The number of benzene rings is 3. The molecule has 0 radical (unpaired) electrons. The normalized spacial score (nSPS) is 12.2. The molecule has 3 rings (SSSR count). The predicted octanol–water partition coefficient (Wildman–Crippen LogP) is 6.03. The Labute approximate surface area is 244 Å². The van der Waals surface area contributed by atoms with Crippen molar-refractivity contribution in [2.45, 2.75) is 38.3 Å². The van der Waals surface area contributed by atoms with Crippen LogP contribution in [0.4, 0.5) is 5.69 Å². The van der Waals surface area contributed by atoms with Gasteiger partial charge in [-0.15, -0.1) is 0 Å². The molecule has 0 aromatic heterocycles. The van der Waals surface area contributed by atoms with Crippen molar-refractivity contribution in [2.75, 3.05) is 17.4 Å². The minimum absolute atomic E-state index is 0.0494. The maximum Gasteiger partial charge on any atom is 0.264 e. The molecule has 0 aliphatic heterocycles. The quantitative estimate of drug-likeness (QED) is 0.287. The third-order valence-electron chi connectivity index (χ3n) is 5.89. The molecule has 1 atom stereocenters. The van der Waals surface area contributed by atoms with Crippen LogP contribution in [0.15, 0.2) is 77.7 Å². The monoisotopic (exact) mass is 609 g/mol. The molecule has 7 nitrogen and oxygen atoms in total. The van der Waals surface area contributed by atoms with Gasteiger partial charge in [-0.25, -0.2) is 8.42 Å². The Balaban J connectivity index is 2.01. The van der Waals surface area contributed by atoms with Gasteiger partial charge in [-0.1, -0.05) is 66.8 Å². The molecule has 39 heavy (non-hydrogen) atoms. The lowest BCUT2D eigenvalue weighted by molar-refractivity contribution is -0.139. The van der Waals surface area contributed by atoms with Gasteiger partial charge < -0.3 is 10.2 Å². The van der Waals surface area contributed by atoms with Crippen molar-refractivity contribution in [1.29, 1.82) is 0 Å². The van der Waals surface area contributed by atoms with Gasteiger partial charge in [-0.3, -0.25) is 13.9 Å². The molecule has 0 aliphatic rings. The van der Waals surface area contributed by atoms with Crippen LogP contribution >= 0.6 is 34.8 Å². The first-order valence-corrected chi connectivity index (χ1v) is 14.8. The Kier molecular flexibility index (Phi) is 10.7. The molecule has 0 unspecified atom stereocenters. The first-order valence-electron chi connectivity index (χ1n) is 12.2. The number of nitrogens with zero attached hydrogens (tertiary/aromatic N) is 2. The van der Waals surface area contributed by atoms with E-state index in [1.54, 1.807) is 49.4 Å². The van der Waals surface area contributed by atoms with Gasteiger partial charge in [0.25, 0.3) is 10.0 Å². The minimum atomic E-state index is -4.21. The SMILES string of the molecule is CC(C)CNC(=O)[C@@H](C)N(Cc1ccc(Cl)cc1)C(=O)CN(c1cccc(Cl)c1)S(=O)(=O)c1ccc(Cl)cc1. The van der Waals surface area contributed by atoms with E-state index in [0.29, 0.717) is 21.6 Å². The van der Waals surface area contributed by atoms with Crippen molar-refractivity contribution in [3.63, 3.8) is 0 Å². The predicted molar refractivity (Wildman–Crippen MR) is 157 cm³/mol. The van der Waals surface area contributed by atoms with Crippen molar-refractivity contribution in [1.82, 2.24) is 10.2 Å². The lowest BCUT2D eigenvalue weighted by atomic mass is 10.1. The summed E-state index contributed by atoms with van der Waals surface area (Å²) in [7, 11) is -4.21. The van der Waals surface area contributed by atoms with Crippen molar-refractivity contribution in [2.24, 2.45) is 5.92 Å². The number of carbonyl (C=O) groups excluding carboxylic acids is 2. The van der Waals surface area contributed by atoms with Crippen LogP contribution in [0.5, 0.6) is 0 Å². The topological polar surface area (TPSA) is 86.8 Å². The molecule has 208 valence electrons. The Morgan fingerprint density at radius 3 is 2.00 bits per heavy atom. The first kappa shape index (κ1) is 30.8. The van der Waals surface area contributed by atoms with Crippen LogP contribution in [-0.2, 0) is 26.2 Å². The third-order valence-corrected chi connectivity index (χ3v) is 8.42. The summed E-state index contributed by atoms with van der Waals surface area (Å²) in [4.78, 5) is 28.2. The van der Waals surface area contributed by atoms with E-state index in [0.717, 1.165) is 9.87 Å². The smallest absolute Gasteiger partial charge is 0.264 e. The molecule has 0 fully saturated rings. The zero-order valence-corrected chi connectivity index (χ0v) is 24.9. The summed E-state index contributed by atoms with van der Waals surface area (Å²) in [5.41, 5.74) is 0.931. The Hall–Kier alpha value is -2.78. The second kappa shape index (κ2) is 13.5. The lowest BCUT2D eigenvalue weighted by Crippen LogP contribution is -2.51. The van der Waals surface area contributed by atoms with Crippen LogP contribution in [0.3, 0.4) is 0 Å². The van der Waals surface area contributed by atoms with Gasteiger partial charge in [0.1, 0.15) is 12.6 Å². The zero-order chi connectivity index (χ0) is 28.7. The molecule has 11 heteroatoms. The van der Waals surface area contributed by atoms with E-state index < -0.39 is 28.5 Å².